The minimum absolute atomic E-state index is 0.0537. The maximum absolute atomic E-state index is 14.0. The molecule has 0 aliphatic rings. The van der Waals surface area contributed by atoms with Gasteiger partial charge in [-0.3, -0.25) is 0 Å². The Kier molecular flexibility index (Phi) is 5.35. The van der Waals surface area contributed by atoms with E-state index in [0.29, 0.717) is 16.8 Å². The van der Waals surface area contributed by atoms with Crippen LogP contribution in [-0.2, 0) is 10.2 Å². The van der Waals surface area contributed by atoms with E-state index in [2.05, 4.69) is 4.98 Å². The molecule has 0 saturated carbocycles. The monoisotopic (exact) mass is 447 g/mol. The molecule has 3 nitrogen and oxygen atoms in total. The number of aromatic nitrogens is 1. The summed E-state index contributed by atoms with van der Waals surface area (Å²) in [5.41, 5.74) is 1.53. The zero-order valence-corrected chi connectivity index (χ0v) is 16.8. The number of hydrogen-bond donors (Lipinski definition) is 1. The van der Waals surface area contributed by atoms with Crippen molar-refractivity contribution in [2.75, 3.05) is 0 Å². The van der Waals surface area contributed by atoms with Crippen molar-refractivity contribution in [3.63, 3.8) is 0 Å². The van der Waals surface area contributed by atoms with Crippen LogP contribution in [0, 0.1) is 0 Å². The molecule has 0 radical (unpaired) electrons. The Balaban J connectivity index is 2.09. The van der Waals surface area contributed by atoms with Crippen molar-refractivity contribution in [1.82, 2.24) is 4.98 Å². The van der Waals surface area contributed by atoms with Crippen LogP contribution < -0.4 is 0 Å². The Labute approximate surface area is 176 Å². The minimum atomic E-state index is -5.09. The van der Waals surface area contributed by atoms with Gasteiger partial charge < -0.3 is 4.98 Å². The predicted octanol–water partition coefficient (Wildman–Crippen LogP) is 6.58. The van der Waals surface area contributed by atoms with Crippen LogP contribution in [0.1, 0.15) is 23.5 Å². The average molecular weight is 447 g/mol. The molecule has 1 unspecified atom stereocenters. The van der Waals surface area contributed by atoms with E-state index in [1.54, 1.807) is 60.7 Å². The van der Waals surface area contributed by atoms with E-state index >= 15 is 0 Å². The first-order chi connectivity index (χ1) is 14.6. The lowest BCUT2D eigenvalue weighted by molar-refractivity contribution is -0.136. The molecule has 8 heteroatoms. The van der Waals surface area contributed by atoms with Gasteiger partial charge in [0.1, 0.15) is 4.90 Å². The molecule has 4 rings (SSSR count). The van der Waals surface area contributed by atoms with E-state index in [-0.39, 0.29) is 16.5 Å². The standard InChI is InChI=1S/C23H17F4NO2S/c24-23(25,26)14-18(15-8-3-1-4-9-15)20-17-12-7-13-19(31(27,29)30)22(17)28-21(20)16-10-5-2-6-11-16/h1-13,18,28H,14H2. The van der Waals surface area contributed by atoms with E-state index in [9.17, 15) is 25.5 Å². The summed E-state index contributed by atoms with van der Waals surface area (Å²) in [5, 5.41) is 0.232. The van der Waals surface area contributed by atoms with E-state index in [1.807, 2.05) is 0 Å². The smallest absolute Gasteiger partial charge is 0.353 e. The van der Waals surface area contributed by atoms with Gasteiger partial charge in [0, 0.05) is 11.3 Å². The van der Waals surface area contributed by atoms with Crippen LogP contribution in [0.5, 0.6) is 0 Å². The number of halogens is 4. The molecule has 0 saturated heterocycles. The minimum Gasteiger partial charge on any atom is -0.353 e. The van der Waals surface area contributed by atoms with Gasteiger partial charge in [-0.15, -0.1) is 3.89 Å². The van der Waals surface area contributed by atoms with Crippen LogP contribution in [0.25, 0.3) is 22.2 Å². The van der Waals surface area contributed by atoms with E-state index in [0.717, 1.165) is 6.07 Å². The number of alkyl halides is 3. The SMILES string of the molecule is O=S(=O)(F)c1cccc2c(C(CC(F)(F)F)c3ccccc3)c(-c3ccccc3)[nH]c12. The summed E-state index contributed by atoms with van der Waals surface area (Å²) in [6.07, 6.45) is -5.64. The van der Waals surface area contributed by atoms with Gasteiger partial charge in [0.05, 0.1) is 17.6 Å². The predicted molar refractivity (Wildman–Crippen MR) is 111 cm³/mol. The Hall–Kier alpha value is -3.13. The molecule has 4 aromatic rings. The highest BCUT2D eigenvalue weighted by molar-refractivity contribution is 7.86. The van der Waals surface area contributed by atoms with Gasteiger partial charge in [-0.25, -0.2) is 0 Å². The van der Waals surface area contributed by atoms with Gasteiger partial charge in [0.15, 0.2) is 0 Å². The van der Waals surface area contributed by atoms with Crippen molar-refractivity contribution < 1.29 is 25.5 Å². The number of fused-ring (bicyclic) bond motifs is 1. The van der Waals surface area contributed by atoms with Gasteiger partial charge in [-0.1, -0.05) is 72.8 Å². The highest BCUT2D eigenvalue weighted by atomic mass is 32.3. The Morgan fingerprint density at radius 1 is 0.839 bits per heavy atom. The highest BCUT2D eigenvalue weighted by Crippen LogP contribution is 2.44. The molecule has 0 amide bonds. The summed E-state index contributed by atoms with van der Waals surface area (Å²) >= 11 is 0. The van der Waals surface area contributed by atoms with Crippen LogP contribution in [-0.4, -0.2) is 19.6 Å². The molecule has 1 heterocycles. The zero-order valence-electron chi connectivity index (χ0n) is 16.0. The fourth-order valence-electron chi connectivity index (χ4n) is 3.91. The Bertz CT molecular complexity index is 1310. The van der Waals surface area contributed by atoms with Gasteiger partial charge in [-0.05, 0) is 22.8 Å². The van der Waals surface area contributed by atoms with Crippen molar-refractivity contribution in [2.24, 2.45) is 0 Å². The van der Waals surface area contributed by atoms with Gasteiger partial charge in [-0.2, -0.15) is 21.6 Å². The molecule has 0 aliphatic carbocycles. The van der Waals surface area contributed by atoms with E-state index in [1.165, 1.54) is 12.1 Å². The summed E-state index contributed by atoms with van der Waals surface area (Å²) in [4.78, 5) is 2.30. The second kappa shape index (κ2) is 7.85. The van der Waals surface area contributed by atoms with Crippen LogP contribution in [0.2, 0.25) is 0 Å². The summed E-state index contributed by atoms with van der Waals surface area (Å²) in [6.45, 7) is 0. The Morgan fingerprint density at radius 3 is 2.03 bits per heavy atom. The Morgan fingerprint density at radius 2 is 1.45 bits per heavy atom. The third-order valence-electron chi connectivity index (χ3n) is 5.15. The average Bonchev–Trinajstić information content (AvgIpc) is 3.11. The summed E-state index contributed by atoms with van der Waals surface area (Å²) in [6, 6.07) is 20.7. The molecule has 3 aromatic carbocycles. The summed E-state index contributed by atoms with van der Waals surface area (Å²) < 4.78 is 78.2. The molecule has 1 atom stereocenters. The maximum Gasteiger partial charge on any atom is 0.390 e. The number of benzene rings is 3. The van der Waals surface area contributed by atoms with Crippen molar-refractivity contribution in [2.45, 2.75) is 23.4 Å². The van der Waals surface area contributed by atoms with Crippen molar-refractivity contribution >= 4 is 21.1 Å². The third-order valence-corrected chi connectivity index (χ3v) is 6.01. The topological polar surface area (TPSA) is 49.9 Å². The number of nitrogens with one attached hydrogen (secondary N) is 1. The second-order valence-corrected chi connectivity index (χ2v) is 8.49. The lowest BCUT2D eigenvalue weighted by Crippen LogP contribution is -2.15. The number of H-pyrrole nitrogens is 1. The van der Waals surface area contributed by atoms with Gasteiger partial charge in [0.2, 0.25) is 0 Å². The molecule has 0 aliphatic heterocycles. The molecule has 0 bridgehead atoms. The summed E-state index contributed by atoms with van der Waals surface area (Å²) in [7, 11) is -5.09. The van der Waals surface area contributed by atoms with Crippen LogP contribution in [0.4, 0.5) is 17.1 Å². The van der Waals surface area contributed by atoms with Crippen LogP contribution >= 0.6 is 0 Å². The van der Waals surface area contributed by atoms with E-state index < -0.39 is 33.6 Å². The van der Waals surface area contributed by atoms with Crippen molar-refractivity contribution in [3.05, 3.63) is 90.0 Å². The van der Waals surface area contributed by atoms with Crippen molar-refractivity contribution in [3.8, 4) is 11.3 Å². The lowest BCUT2D eigenvalue weighted by atomic mass is 9.85. The molecule has 31 heavy (non-hydrogen) atoms. The second-order valence-electron chi connectivity index (χ2n) is 7.18. The summed E-state index contributed by atoms with van der Waals surface area (Å²) in [5.74, 6) is -1.12. The molecule has 1 aromatic heterocycles. The molecule has 0 fully saturated rings. The third kappa shape index (κ3) is 4.34. The molecule has 1 N–H and O–H groups in total. The van der Waals surface area contributed by atoms with Crippen LogP contribution in [0.3, 0.4) is 0 Å². The fourth-order valence-corrected chi connectivity index (χ4v) is 4.56. The van der Waals surface area contributed by atoms with E-state index in [4.69, 9.17) is 0 Å². The number of para-hydroxylation sites is 1. The number of aromatic amines is 1. The van der Waals surface area contributed by atoms with Crippen LogP contribution in [0.15, 0.2) is 83.8 Å². The first kappa shape index (κ1) is 21.1. The number of hydrogen-bond acceptors (Lipinski definition) is 2. The molecule has 0 spiro atoms. The maximum atomic E-state index is 14.0. The fraction of sp³-hybridized carbons (Fsp3) is 0.130. The quantitative estimate of drug-likeness (QED) is 0.278. The largest absolute Gasteiger partial charge is 0.390 e. The zero-order chi connectivity index (χ0) is 22.2. The molecule has 160 valence electrons. The van der Waals surface area contributed by atoms with Gasteiger partial charge >= 0.3 is 16.4 Å². The molecular formula is C23H17F4NO2S. The van der Waals surface area contributed by atoms with Crippen molar-refractivity contribution in [1.29, 1.82) is 0 Å². The lowest BCUT2D eigenvalue weighted by Gasteiger charge is -2.21. The first-order valence-corrected chi connectivity index (χ1v) is 10.8. The highest BCUT2D eigenvalue weighted by Gasteiger charge is 2.36. The normalized spacial score (nSPS) is 13.4. The van der Waals surface area contributed by atoms with Gasteiger partial charge in [0.25, 0.3) is 0 Å². The first-order valence-electron chi connectivity index (χ1n) is 9.41. The number of rotatable bonds is 5. The molecular weight excluding hydrogens is 430 g/mol.